The van der Waals surface area contributed by atoms with Crippen LogP contribution in [-0.2, 0) is 19.5 Å². The van der Waals surface area contributed by atoms with Crippen molar-refractivity contribution in [3.05, 3.63) is 11.6 Å². The van der Waals surface area contributed by atoms with E-state index in [-0.39, 0.29) is 12.1 Å². The molecule has 1 fully saturated rings. The Balaban J connectivity index is 1.41. The fourth-order valence-corrected chi connectivity index (χ4v) is 3.56. The predicted molar refractivity (Wildman–Crippen MR) is 88.5 cm³/mol. The van der Waals surface area contributed by atoms with Crippen LogP contribution in [0.5, 0.6) is 0 Å². The van der Waals surface area contributed by atoms with Crippen LogP contribution in [0.1, 0.15) is 43.8 Å². The van der Waals surface area contributed by atoms with E-state index in [4.69, 9.17) is 0 Å². The van der Waals surface area contributed by atoms with Crippen LogP contribution in [0.15, 0.2) is 0 Å². The highest BCUT2D eigenvalue weighted by atomic mass is 19.4. The number of carbonyl (C=O) groups excluding carboxylic acids is 1. The summed E-state index contributed by atoms with van der Waals surface area (Å²) in [5.41, 5.74) is 0. The number of urea groups is 1. The number of fused-ring (bicyclic) bond motifs is 1. The van der Waals surface area contributed by atoms with Crippen molar-refractivity contribution >= 4 is 6.03 Å². The maximum Gasteiger partial charge on any atom is 0.401 e. The highest BCUT2D eigenvalue weighted by Crippen LogP contribution is 2.19. The first-order chi connectivity index (χ1) is 12.4. The maximum atomic E-state index is 12.4. The van der Waals surface area contributed by atoms with E-state index in [1.807, 2.05) is 0 Å². The molecule has 0 bridgehead atoms. The van der Waals surface area contributed by atoms with E-state index in [0.717, 1.165) is 37.5 Å². The van der Waals surface area contributed by atoms with Crippen molar-refractivity contribution in [1.82, 2.24) is 30.3 Å². The number of nitrogens with one attached hydrogen (secondary N) is 2. The summed E-state index contributed by atoms with van der Waals surface area (Å²) in [5.74, 6) is 1.72. The number of hydrogen-bond donors (Lipinski definition) is 2. The molecule has 0 saturated carbocycles. The van der Waals surface area contributed by atoms with Crippen molar-refractivity contribution in [2.75, 3.05) is 19.6 Å². The summed E-state index contributed by atoms with van der Waals surface area (Å²) in [5, 5.41) is 14.0. The molecule has 0 unspecified atom stereocenters. The molecule has 2 aliphatic rings. The Morgan fingerprint density at radius 1 is 1.12 bits per heavy atom. The Hall–Kier alpha value is -1.84. The predicted octanol–water partition coefficient (Wildman–Crippen LogP) is 1.83. The zero-order valence-electron chi connectivity index (χ0n) is 14.7. The molecular weight excluding hydrogens is 349 g/mol. The third-order valence-corrected chi connectivity index (χ3v) is 4.92. The van der Waals surface area contributed by atoms with Crippen molar-refractivity contribution in [3.8, 4) is 0 Å². The summed E-state index contributed by atoms with van der Waals surface area (Å²) in [7, 11) is 0. The van der Waals surface area contributed by atoms with Gasteiger partial charge in [-0.3, -0.25) is 4.90 Å². The number of piperidine rings is 1. The third-order valence-electron chi connectivity index (χ3n) is 4.92. The molecule has 2 N–H and O–H groups in total. The highest BCUT2D eigenvalue weighted by molar-refractivity contribution is 5.74. The number of likely N-dealkylation sites (tertiary alicyclic amines) is 1. The van der Waals surface area contributed by atoms with Gasteiger partial charge in [-0.1, -0.05) is 6.42 Å². The molecule has 0 aliphatic carbocycles. The minimum atomic E-state index is -4.17. The summed E-state index contributed by atoms with van der Waals surface area (Å²) < 4.78 is 39.3. The Bertz CT molecular complexity index is 610. The fourth-order valence-electron chi connectivity index (χ4n) is 3.56. The number of alkyl halides is 3. The third kappa shape index (κ3) is 5.33. The molecule has 1 saturated heterocycles. The Kier molecular flexibility index (Phi) is 6.00. The second-order valence-corrected chi connectivity index (χ2v) is 6.99. The number of aromatic nitrogens is 3. The van der Waals surface area contributed by atoms with E-state index in [9.17, 15) is 18.0 Å². The summed E-state index contributed by atoms with van der Waals surface area (Å²) in [6.07, 6.45) is 1.14. The van der Waals surface area contributed by atoms with Gasteiger partial charge < -0.3 is 15.2 Å². The van der Waals surface area contributed by atoms with E-state index in [1.54, 1.807) is 0 Å². The van der Waals surface area contributed by atoms with E-state index in [0.29, 0.717) is 32.5 Å². The van der Waals surface area contributed by atoms with Gasteiger partial charge in [-0.2, -0.15) is 13.2 Å². The summed E-state index contributed by atoms with van der Waals surface area (Å²) in [6, 6.07) is -0.416. The second kappa shape index (κ2) is 8.24. The van der Waals surface area contributed by atoms with Gasteiger partial charge in [-0.05, 0) is 25.7 Å². The number of carbonyl (C=O) groups is 1. The maximum absolute atomic E-state index is 12.4. The molecule has 1 aromatic heterocycles. The largest absolute Gasteiger partial charge is 0.401 e. The van der Waals surface area contributed by atoms with E-state index >= 15 is 0 Å². The van der Waals surface area contributed by atoms with Gasteiger partial charge in [0.1, 0.15) is 5.82 Å². The molecule has 26 heavy (non-hydrogen) atoms. The van der Waals surface area contributed by atoms with Crippen LogP contribution in [0, 0.1) is 0 Å². The quantitative estimate of drug-likeness (QED) is 0.843. The number of nitrogens with zero attached hydrogens (tertiary/aromatic N) is 4. The number of amides is 2. The van der Waals surface area contributed by atoms with Crippen LogP contribution in [0.4, 0.5) is 18.0 Å². The molecule has 7 nitrogen and oxygen atoms in total. The van der Waals surface area contributed by atoms with Crippen LogP contribution in [-0.4, -0.2) is 57.5 Å². The molecule has 3 heterocycles. The van der Waals surface area contributed by atoms with Gasteiger partial charge in [0, 0.05) is 32.1 Å². The zero-order chi connectivity index (χ0) is 18.6. The lowest BCUT2D eigenvalue weighted by atomic mass is 10.1. The lowest BCUT2D eigenvalue weighted by molar-refractivity contribution is -0.148. The normalized spacial score (nSPS) is 19.7. The summed E-state index contributed by atoms with van der Waals surface area (Å²) in [6.45, 7) is 0.957. The minimum Gasteiger partial charge on any atom is -0.335 e. The number of rotatable bonds is 4. The Labute approximate surface area is 150 Å². The first-order valence-electron chi connectivity index (χ1n) is 9.15. The molecule has 0 radical (unpaired) electrons. The van der Waals surface area contributed by atoms with Crippen LogP contribution < -0.4 is 10.6 Å². The molecule has 2 aliphatic heterocycles. The van der Waals surface area contributed by atoms with Gasteiger partial charge in [-0.15, -0.1) is 10.2 Å². The number of halogens is 3. The second-order valence-electron chi connectivity index (χ2n) is 6.99. The van der Waals surface area contributed by atoms with Gasteiger partial charge >= 0.3 is 12.2 Å². The minimum absolute atomic E-state index is 0.102. The highest BCUT2D eigenvalue weighted by Gasteiger charge is 2.32. The Morgan fingerprint density at radius 3 is 2.62 bits per heavy atom. The van der Waals surface area contributed by atoms with Gasteiger partial charge in [0.15, 0.2) is 5.82 Å². The van der Waals surface area contributed by atoms with E-state index in [1.165, 1.54) is 11.3 Å². The molecule has 0 spiro atoms. The molecule has 146 valence electrons. The smallest absolute Gasteiger partial charge is 0.335 e. The van der Waals surface area contributed by atoms with Gasteiger partial charge in [0.05, 0.1) is 13.1 Å². The SMILES string of the molecule is O=C(NCc1nnc2n1CCCCC2)NC1CCN(CC(F)(F)F)CC1. The average Bonchev–Trinajstić information content (AvgIpc) is 2.80. The molecule has 1 aromatic rings. The monoisotopic (exact) mass is 374 g/mol. The van der Waals surface area contributed by atoms with Crippen LogP contribution in [0.2, 0.25) is 0 Å². The van der Waals surface area contributed by atoms with Gasteiger partial charge in [0.2, 0.25) is 0 Å². The first kappa shape index (κ1) is 18.9. The number of hydrogen-bond acceptors (Lipinski definition) is 4. The lowest BCUT2D eigenvalue weighted by Crippen LogP contribution is -2.49. The van der Waals surface area contributed by atoms with Crippen molar-refractivity contribution in [2.24, 2.45) is 0 Å². The standard InChI is InChI=1S/C16H25F3N6O/c17-16(18,19)11-24-8-5-12(6-9-24)21-15(26)20-10-14-23-22-13-4-2-1-3-7-25(13)14/h12H,1-11H2,(H2,20,21,26). The van der Waals surface area contributed by atoms with Crippen molar-refractivity contribution in [2.45, 2.75) is 63.8 Å². The topological polar surface area (TPSA) is 75.1 Å². The van der Waals surface area contributed by atoms with E-state index in [2.05, 4.69) is 25.4 Å². The number of aryl methyl sites for hydroxylation is 1. The van der Waals surface area contributed by atoms with Crippen LogP contribution in [0.25, 0.3) is 0 Å². The van der Waals surface area contributed by atoms with Crippen molar-refractivity contribution in [3.63, 3.8) is 0 Å². The van der Waals surface area contributed by atoms with Crippen molar-refractivity contribution < 1.29 is 18.0 Å². The lowest BCUT2D eigenvalue weighted by Gasteiger charge is -2.32. The zero-order valence-corrected chi connectivity index (χ0v) is 14.7. The van der Waals surface area contributed by atoms with Gasteiger partial charge in [0.25, 0.3) is 0 Å². The fraction of sp³-hybridized carbons (Fsp3) is 0.812. The molecule has 0 aromatic carbocycles. The summed E-state index contributed by atoms with van der Waals surface area (Å²) in [4.78, 5) is 13.5. The summed E-state index contributed by atoms with van der Waals surface area (Å²) >= 11 is 0. The first-order valence-corrected chi connectivity index (χ1v) is 9.15. The van der Waals surface area contributed by atoms with E-state index < -0.39 is 12.7 Å². The molecule has 0 atom stereocenters. The molecule has 3 rings (SSSR count). The molecular formula is C16H25F3N6O. The molecule has 2 amide bonds. The van der Waals surface area contributed by atoms with Gasteiger partial charge in [-0.25, -0.2) is 4.79 Å². The van der Waals surface area contributed by atoms with Crippen LogP contribution in [0.3, 0.4) is 0 Å². The Morgan fingerprint density at radius 2 is 1.88 bits per heavy atom. The molecule has 10 heteroatoms. The average molecular weight is 374 g/mol. The van der Waals surface area contributed by atoms with Crippen molar-refractivity contribution in [1.29, 1.82) is 0 Å². The van der Waals surface area contributed by atoms with Crippen LogP contribution >= 0.6 is 0 Å².